The van der Waals surface area contributed by atoms with Crippen molar-refractivity contribution in [2.24, 2.45) is 0 Å². The molecule has 2 rings (SSSR count). The molecule has 0 spiro atoms. The molecule has 0 unspecified atom stereocenters. The summed E-state index contributed by atoms with van der Waals surface area (Å²) in [5.41, 5.74) is 1.46. The van der Waals surface area contributed by atoms with E-state index in [1.165, 1.54) is 0 Å². The highest BCUT2D eigenvalue weighted by Gasteiger charge is 2.14. The number of para-hydroxylation sites is 1. The van der Waals surface area contributed by atoms with Crippen LogP contribution in [-0.4, -0.2) is 18.5 Å². The molecule has 20 heavy (non-hydrogen) atoms. The molecule has 4 heteroatoms. The van der Waals surface area contributed by atoms with Gasteiger partial charge in [0.25, 0.3) is 0 Å². The van der Waals surface area contributed by atoms with E-state index in [4.69, 9.17) is 4.74 Å². The van der Waals surface area contributed by atoms with Gasteiger partial charge in [-0.2, -0.15) is 0 Å². The van der Waals surface area contributed by atoms with E-state index in [1.807, 2.05) is 6.07 Å². The third kappa shape index (κ3) is 3.23. The summed E-state index contributed by atoms with van der Waals surface area (Å²) in [5, 5.41) is 2.58. The maximum atomic E-state index is 12.4. The SMILES string of the molecule is CCOC(=O)Nc1ccccc1C(=O)c1ccccc1. The van der Waals surface area contributed by atoms with Gasteiger partial charge in [0, 0.05) is 11.1 Å². The molecule has 0 saturated carbocycles. The van der Waals surface area contributed by atoms with Crippen molar-refractivity contribution < 1.29 is 14.3 Å². The van der Waals surface area contributed by atoms with Crippen molar-refractivity contribution in [3.63, 3.8) is 0 Å². The topological polar surface area (TPSA) is 55.4 Å². The number of hydrogen-bond donors (Lipinski definition) is 1. The van der Waals surface area contributed by atoms with Crippen molar-refractivity contribution in [3.8, 4) is 0 Å². The van der Waals surface area contributed by atoms with Gasteiger partial charge in [-0.15, -0.1) is 0 Å². The van der Waals surface area contributed by atoms with Crippen molar-refractivity contribution in [3.05, 3.63) is 65.7 Å². The first-order valence-electron chi connectivity index (χ1n) is 6.35. The maximum Gasteiger partial charge on any atom is 0.411 e. The Hall–Kier alpha value is -2.62. The standard InChI is InChI=1S/C16H15NO3/c1-2-20-16(19)17-14-11-7-6-10-13(14)15(18)12-8-4-3-5-9-12/h3-11H,2H2,1H3,(H,17,19). The van der Waals surface area contributed by atoms with Crippen LogP contribution in [-0.2, 0) is 4.74 Å². The van der Waals surface area contributed by atoms with Gasteiger partial charge in [-0.1, -0.05) is 42.5 Å². The van der Waals surface area contributed by atoms with Gasteiger partial charge >= 0.3 is 6.09 Å². The lowest BCUT2D eigenvalue weighted by atomic mass is 10.0. The highest BCUT2D eigenvalue weighted by molar-refractivity contribution is 6.13. The zero-order chi connectivity index (χ0) is 14.4. The lowest BCUT2D eigenvalue weighted by molar-refractivity contribution is 0.103. The van der Waals surface area contributed by atoms with Crippen LogP contribution < -0.4 is 5.32 Å². The van der Waals surface area contributed by atoms with Gasteiger partial charge < -0.3 is 4.74 Å². The van der Waals surface area contributed by atoms with E-state index in [-0.39, 0.29) is 12.4 Å². The van der Waals surface area contributed by atoms with Crippen LogP contribution in [0.25, 0.3) is 0 Å². The van der Waals surface area contributed by atoms with Crippen molar-refractivity contribution >= 4 is 17.6 Å². The van der Waals surface area contributed by atoms with Crippen LogP contribution in [0.2, 0.25) is 0 Å². The fraction of sp³-hybridized carbons (Fsp3) is 0.125. The molecule has 2 aromatic rings. The summed E-state index contributed by atoms with van der Waals surface area (Å²) in [4.78, 5) is 23.9. The molecule has 0 heterocycles. The average Bonchev–Trinajstić information content (AvgIpc) is 2.48. The predicted molar refractivity (Wildman–Crippen MR) is 77.0 cm³/mol. The van der Waals surface area contributed by atoms with Gasteiger partial charge in [0.2, 0.25) is 0 Å². The van der Waals surface area contributed by atoms with E-state index in [2.05, 4.69) is 5.32 Å². The molecular weight excluding hydrogens is 254 g/mol. The average molecular weight is 269 g/mol. The minimum atomic E-state index is -0.569. The quantitative estimate of drug-likeness (QED) is 0.864. The maximum absolute atomic E-state index is 12.4. The van der Waals surface area contributed by atoms with Crippen LogP contribution in [0.15, 0.2) is 54.6 Å². The fourth-order valence-corrected chi connectivity index (χ4v) is 1.81. The number of ether oxygens (including phenoxy) is 1. The minimum absolute atomic E-state index is 0.141. The number of anilines is 1. The van der Waals surface area contributed by atoms with Crippen LogP contribution in [0.5, 0.6) is 0 Å². The Morgan fingerprint density at radius 3 is 2.35 bits per heavy atom. The Balaban J connectivity index is 2.28. The number of ketones is 1. The van der Waals surface area contributed by atoms with Crippen LogP contribution in [0, 0.1) is 0 Å². The summed E-state index contributed by atoms with van der Waals surface area (Å²) in [7, 11) is 0. The number of rotatable bonds is 4. The molecule has 0 saturated heterocycles. The summed E-state index contributed by atoms with van der Waals surface area (Å²) in [6.07, 6.45) is -0.569. The molecule has 4 nitrogen and oxygen atoms in total. The Morgan fingerprint density at radius 2 is 1.65 bits per heavy atom. The lowest BCUT2D eigenvalue weighted by Crippen LogP contribution is -2.16. The summed E-state index contributed by atoms with van der Waals surface area (Å²) in [6.45, 7) is 2.00. The van der Waals surface area contributed by atoms with E-state index < -0.39 is 6.09 Å². The Labute approximate surface area is 117 Å². The van der Waals surface area contributed by atoms with Crippen molar-refractivity contribution in [2.45, 2.75) is 6.92 Å². The second-order valence-electron chi connectivity index (χ2n) is 4.09. The van der Waals surface area contributed by atoms with E-state index in [0.717, 1.165) is 0 Å². The number of nitrogens with one attached hydrogen (secondary N) is 1. The van der Waals surface area contributed by atoms with E-state index in [0.29, 0.717) is 16.8 Å². The predicted octanol–water partition coefficient (Wildman–Crippen LogP) is 3.49. The first-order chi connectivity index (χ1) is 9.72. The second kappa shape index (κ2) is 6.52. The third-order valence-electron chi connectivity index (χ3n) is 2.72. The van der Waals surface area contributed by atoms with Gasteiger partial charge in [0.05, 0.1) is 12.3 Å². The Kier molecular flexibility index (Phi) is 4.50. The van der Waals surface area contributed by atoms with Gasteiger partial charge in [0.1, 0.15) is 0 Å². The highest BCUT2D eigenvalue weighted by Crippen LogP contribution is 2.19. The lowest BCUT2D eigenvalue weighted by Gasteiger charge is -2.10. The molecule has 0 fully saturated rings. The van der Waals surface area contributed by atoms with Crippen LogP contribution in [0.4, 0.5) is 10.5 Å². The van der Waals surface area contributed by atoms with Crippen molar-refractivity contribution in [1.29, 1.82) is 0 Å². The molecular formula is C16H15NO3. The number of carbonyl (C=O) groups is 2. The molecule has 0 aliphatic rings. The smallest absolute Gasteiger partial charge is 0.411 e. The molecule has 102 valence electrons. The number of benzene rings is 2. The van der Waals surface area contributed by atoms with Gasteiger partial charge in [0.15, 0.2) is 5.78 Å². The van der Waals surface area contributed by atoms with E-state index >= 15 is 0 Å². The van der Waals surface area contributed by atoms with Gasteiger partial charge in [-0.25, -0.2) is 4.79 Å². The molecule has 0 radical (unpaired) electrons. The number of carbonyl (C=O) groups excluding carboxylic acids is 2. The summed E-state index contributed by atoms with van der Waals surface area (Å²) in [6, 6.07) is 15.8. The van der Waals surface area contributed by atoms with E-state index in [9.17, 15) is 9.59 Å². The van der Waals surface area contributed by atoms with Crippen LogP contribution in [0.1, 0.15) is 22.8 Å². The fourth-order valence-electron chi connectivity index (χ4n) is 1.81. The van der Waals surface area contributed by atoms with Crippen molar-refractivity contribution in [2.75, 3.05) is 11.9 Å². The highest BCUT2D eigenvalue weighted by atomic mass is 16.5. The molecule has 2 aromatic carbocycles. The monoisotopic (exact) mass is 269 g/mol. The molecule has 0 aliphatic carbocycles. The van der Waals surface area contributed by atoms with Crippen LogP contribution >= 0.6 is 0 Å². The first kappa shape index (κ1) is 13.8. The largest absolute Gasteiger partial charge is 0.450 e. The summed E-state index contributed by atoms with van der Waals surface area (Å²) < 4.78 is 4.82. The second-order valence-corrected chi connectivity index (χ2v) is 4.09. The Bertz CT molecular complexity index is 608. The summed E-state index contributed by atoms with van der Waals surface area (Å²) >= 11 is 0. The molecule has 0 aromatic heterocycles. The van der Waals surface area contributed by atoms with E-state index in [1.54, 1.807) is 55.5 Å². The van der Waals surface area contributed by atoms with Crippen LogP contribution in [0.3, 0.4) is 0 Å². The molecule has 0 bridgehead atoms. The molecule has 0 aliphatic heterocycles. The summed E-state index contributed by atoms with van der Waals surface area (Å²) in [5.74, 6) is -0.141. The zero-order valence-corrected chi connectivity index (χ0v) is 11.1. The molecule has 1 amide bonds. The number of amides is 1. The molecule has 0 atom stereocenters. The number of hydrogen-bond acceptors (Lipinski definition) is 3. The normalized spacial score (nSPS) is 9.85. The first-order valence-corrected chi connectivity index (χ1v) is 6.35. The zero-order valence-electron chi connectivity index (χ0n) is 11.1. The van der Waals surface area contributed by atoms with Gasteiger partial charge in [-0.3, -0.25) is 10.1 Å². The minimum Gasteiger partial charge on any atom is -0.450 e. The van der Waals surface area contributed by atoms with Gasteiger partial charge in [-0.05, 0) is 19.1 Å². The van der Waals surface area contributed by atoms with Crippen molar-refractivity contribution in [1.82, 2.24) is 0 Å². The Morgan fingerprint density at radius 1 is 1.00 bits per heavy atom. The molecule has 1 N–H and O–H groups in total. The third-order valence-corrected chi connectivity index (χ3v) is 2.72.